The summed E-state index contributed by atoms with van der Waals surface area (Å²) in [6, 6.07) is 9.08. The van der Waals surface area contributed by atoms with E-state index < -0.39 is 0 Å². The molecule has 0 aliphatic carbocycles. The van der Waals surface area contributed by atoms with Crippen molar-refractivity contribution >= 4 is 17.4 Å². The minimum absolute atomic E-state index is 0.0677. The zero-order chi connectivity index (χ0) is 12.3. The van der Waals surface area contributed by atoms with Gasteiger partial charge in [0.25, 0.3) is 0 Å². The number of benzene rings is 1. The minimum atomic E-state index is 0.0677. The molecule has 2 aromatic rings. The number of carbonyl (C=O) groups excluding carboxylic acids is 1. The van der Waals surface area contributed by atoms with E-state index in [1.807, 2.05) is 31.2 Å². The Hall–Kier alpha value is -1.67. The van der Waals surface area contributed by atoms with E-state index in [4.69, 9.17) is 11.6 Å². The van der Waals surface area contributed by atoms with Gasteiger partial charge in [-0.1, -0.05) is 23.7 Å². The Kier molecular flexibility index (Phi) is 3.55. The standard InChI is InChI=1S/C14H12ClNO/c1-10-2-3-12(9-13(10)15)14(17)8-11-4-6-16-7-5-11/h2-7,9H,8H2,1H3. The number of aromatic nitrogens is 1. The van der Waals surface area contributed by atoms with Gasteiger partial charge in [-0.05, 0) is 36.2 Å². The van der Waals surface area contributed by atoms with E-state index in [0.717, 1.165) is 11.1 Å². The highest BCUT2D eigenvalue weighted by Gasteiger charge is 2.08. The summed E-state index contributed by atoms with van der Waals surface area (Å²) in [5.41, 5.74) is 2.59. The molecule has 1 heterocycles. The van der Waals surface area contributed by atoms with E-state index in [-0.39, 0.29) is 5.78 Å². The van der Waals surface area contributed by atoms with Crippen molar-refractivity contribution in [2.75, 3.05) is 0 Å². The van der Waals surface area contributed by atoms with Gasteiger partial charge in [0.15, 0.2) is 5.78 Å². The Morgan fingerprint density at radius 3 is 2.59 bits per heavy atom. The second kappa shape index (κ2) is 5.11. The number of carbonyl (C=O) groups is 1. The average molecular weight is 246 g/mol. The Labute approximate surface area is 105 Å². The summed E-state index contributed by atoms with van der Waals surface area (Å²) in [5.74, 6) is 0.0677. The molecule has 0 radical (unpaired) electrons. The van der Waals surface area contributed by atoms with Crippen molar-refractivity contribution < 1.29 is 4.79 Å². The molecule has 1 aromatic heterocycles. The van der Waals surface area contributed by atoms with Crippen molar-refractivity contribution in [2.24, 2.45) is 0 Å². The molecule has 0 atom stereocenters. The summed E-state index contributed by atoms with van der Waals surface area (Å²) in [7, 11) is 0. The molecule has 0 fully saturated rings. The number of aryl methyl sites for hydroxylation is 1. The maximum absolute atomic E-state index is 12.0. The first-order chi connectivity index (χ1) is 8.16. The zero-order valence-electron chi connectivity index (χ0n) is 9.48. The van der Waals surface area contributed by atoms with Crippen molar-refractivity contribution in [3.8, 4) is 0 Å². The van der Waals surface area contributed by atoms with Crippen molar-refractivity contribution in [1.82, 2.24) is 4.98 Å². The van der Waals surface area contributed by atoms with Gasteiger partial charge in [-0.15, -0.1) is 0 Å². The number of nitrogens with zero attached hydrogens (tertiary/aromatic N) is 1. The second-order valence-corrected chi connectivity index (χ2v) is 4.33. The Morgan fingerprint density at radius 1 is 1.24 bits per heavy atom. The van der Waals surface area contributed by atoms with Crippen LogP contribution in [0.1, 0.15) is 21.5 Å². The fourth-order valence-electron chi connectivity index (χ4n) is 1.55. The third-order valence-electron chi connectivity index (χ3n) is 2.61. The normalized spacial score (nSPS) is 10.2. The molecule has 0 aliphatic heterocycles. The first-order valence-electron chi connectivity index (χ1n) is 5.35. The molecule has 0 saturated heterocycles. The molecule has 0 N–H and O–H groups in total. The van der Waals surface area contributed by atoms with Crippen LogP contribution >= 0.6 is 11.6 Å². The molecule has 86 valence electrons. The predicted octanol–water partition coefficient (Wildman–Crippen LogP) is 3.47. The van der Waals surface area contributed by atoms with Crippen LogP contribution in [-0.2, 0) is 6.42 Å². The fraction of sp³-hybridized carbons (Fsp3) is 0.143. The van der Waals surface area contributed by atoms with Crippen molar-refractivity contribution in [3.05, 3.63) is 64.4 Å². The van der Waals surface area contributed by atoms with Crippen LogP contribution in [0.5, 0.6) is 0 Å². The van der Waals surface area contributed by atoms with E-state index in [2.05, 4.69) is 4.98 Å². The largest absolute Gasteiger partial charge is 0.294 e. The van der Waals surface area contributed by atoms with Crippen LogP contribution in [0.3, 0.4) is 0 Å². The van der Waals surface area contributed by atoms with Gasteiger partial charge in [0.05, 0.1) is 0 Å². The number of Topliss-reactive ketones (excluding diaryl/α,β-unsaturated/α-hetero) is 1. The monoisotopic (exact) mass is 245 g/mol. The van der Waals surface area contributed by atoms with Crippen molar-refractivity contribution in [2.45, 2.75) is 13.3 Å². The van der Waals surface area contributed by atoms with Crippen LogP contribution in [0.25, 0.3) is 0 Å². The molecular formula is C14H12ClNO. The van der Waals surface area contributed by atoms with Gasteiger partial charge in [0, 0.05) is 29.4 Å². The number of ketones is 1. The molecule has 3 heteroatoms. The highest BCUT2D eigenvalue weighted by Crippen LogP contribution is 2.18. The van der Waals surface area contributed by atoms with Gasteiger partial charge in [-0.2, -0.15) is 0 Å². The van der Waals surface area contributed by atoms with Crippen LogP contribution in [0.15, 0.2) is 42.7 Å². The van der Waals surface area contributed by atoms with E-state index in [0.29, 0.717) is 17.0 Å². The van der Waals surface area contributed by atoms with E-state index in [1.165, 1.54) is 0 Å². The first kappa shape index (κ1) is 11.8. The lowest BCUT2D eigenvalue weighted by molar-refractivity contribution is 0.0993. The van der Waals surface area contributed by atoms with Gasteiger partial charge < -0.3 is 0 Å². The Bertz CT molecular complexity index is 537. The zero-order valence-corrected chi connectivity index (χ0v) is 10.2. The molecule has 0 saturated carbocycles. The summed E-state index contributed by atoms with van der Waals surface area (Å²) in [4.78, 5) is 15.9. The van der Waals surface area contributed by atoms with Crippen LogP contribution in [0.2, 0.25) is 5.02 Å². The van der Waals surface area contributed by atoms with E-state index in [9.17, 15) is 4.79 Å². The lowest BCUT2D eigenvalue weighted by atomic mass is 10.0. The van der Waals surface area contributed by atoms with Gasteiger partial charge in [-0.25, -0.2) is 0 Å². The lowest BCUT2D eigenvalue weighted by Crippen LogP contribution is -2.03. The highest BCUT2D eigenvalue weighted by atomic mass is 35.5. The van der Waals surface area contributed by atoms with Crippen molar-refractivity contribution in [1.29, 1.82) is 0 Å². The van der Waals surface area contributed by atoms with Gasteiger partial charge >= 0.3 is 0 Å². The maximum atomic E-state index is 12.0. The van der Waals surface area contributed by atoms with Crippen LogP contribution in [0, 0.1) is 6.92 Å². The average Bonchev–Trinajstić information content (AvgIpc) is 2.34. The highest BCUT2D eigenvalue weighted by molar-refractivity contribution is 6.31. The van der Waals surface area contributed by atoms with Gasteiger partial charge in [0.1, 0.15) is 0 Å². The SMILES string of the molecule is Cc1ccc(C(=O)Cc2ccncc2)cc1Cl. The summed E-state index contributed by atoms with van der Waals surface area (Å²) in [6.45, 7) is 1.92. The molecule has 0 unspecified atom stereocenters. The van der Waals surface area contributed by atoms with Crippen LogP contribution in [0.4, 0.5) is 0 Å². The molecule has 2 rings (SSSR count). The van der Waals surface area contributed by atoms with E-state index in [1.54, 1.807) is 18.5 Å². The molecule has 0 aliphatic rings. The molecule has 17 heavy (non-hydrogen) atoms. The van der Waals surface area contributed by atoms with Crippen LogP contribution in [-0.4, -0.2) is 10.8 Å². The summed E-state index contributed by atoms with van der Waals surface area (Å²) in [6.07, 6.45) is 3.75. The van der Waals surface area contributed by atoms with Crippen molar-refractivity contribution in [3.63, 3.8) is 0 Å². The third kappa shape index (κ3) is 2.92. The Balaban J connectivity index is 2.18. The molecule has 1 aromatic carbocycles. The van der Waals surface area contributed by atoms with Gasteiger partial charge in [-0.3, -0.25) is 9.78 Å². The second-order valence-electron chi connectivity index (χ2n) is 3.92. The predicted molar refractivity (Wildman–Crippen MR) is 68.5 cm³/mol. The number of hydrogen-bond donors (Lipinski definition) is 0. The molecular weight excluding hydrogens is 234 g/mol. The Morgan fingerprint density at radius 2 is 1.94 bits per heavy atom. The number of halogens is 1. The molecule has 2 nitrogen and oxygen atoms in total. The first-order valence-corrected chi connectivity index (χ1v) is 5.73. The molecule has 0 bridgehead atoms. The summed E-state index contributed by atoms with van der Waals surface area (Å²) < 4.78 is 0. The lowest BCUT2D eigenvalue weighted by Gasteiger charge is -2.03. The number of hydrogen-bond acceptors (Lipinski definition) is 2. The topological polar surface area (TPSA) is 30.0 Å². The fourth-order valence-corrected chi connectivity index (χ4v) is 1.73. The third-order valence-corrected chi connectivity index (χ3v) is 3.02. The molecule has 0 spiro atoms. The van der Waals surface area contributed by atoms with Gasteiger partial charge in [0.2, 0.25) is 0 Å². The quantitative estimate of drug-likeness (QED) is 0.775. The van der Waals surface area contributed by atoms with Crippen LogP contribution < -0.4 is 0 Å². The number of pyridine rings is 1. The van der Waals surface area contributed by atoms with E-state index >= 15 is 0 Å². The summed E-state index contributed by atoms with van der Waals surface area (Å²) >= 11 is 6.00. The molecule has 0 amide bonds. The smallest absolute Gasteiger partial charge is 0.167 e. The summed E-state index contributed by atoms with van der Waals surface area (Å²) in [5, 5.41) is 0.630. The number of rotatable bonds is 3. The maximum Gasteiger partial charge on any atom is 0.167 e. The minimum Gasteiger partial charge on any atom is -0.294 e.